The van der Waals surface area contributed by atoms with Crippen molar-refractivity contribution in [2.24, 2.45) is 5.73 Å². The fourth-order valence-corrected chi connectivity index (χ4v) is 4.21. The van der Waals surface area contributed by atoms with Crippen LogP contribution in [0, 0.1) is 11.8 Å². The lowest BCUT2D eigenvalue weighted by Gasteiger charge is -2.25. The maximum absolute atomic E-state index is 12.5. The fourth-order valence-electron chi connectivity index (χ4n) is 4.21. The Morgan fingerprint density at radius 1 is 1.16 bits per heavy atom. The second-order valence-electron chi connectivity index (χ2n) is 10.5. The summed E-state index contributed by atoms with van der Waals surface area (Å²) in [6.07, 6.45) is 5.51. The second kappa shape index (κ2) is 16.2. The number of nitrogens with zero attached hydrogens (tertiary/aromatic N) is 4. The quantitative estimate of drug-likeness (QED) is 0.214. The molecular weight excluding hydrogens is 548 g/mol. The zero-order valence-corrected chi connectivity index (χ0v) is 25.6. The minimum atomic E-state index is -0.680. The second-order valence-corrected chi connectivity index (χ2v) is 10.5. The molecule has 1 saturated heterocycles. The molecule has 1 aromatic heterocycles. The topological polar surface area (TPSA) is 155 Å². The SMILES string of the molecule is CCc1nc(C(N)=O)c(Nc2cccc(C#CCNC(=O)[C@H](C)N(C)C(=O)/C=C/CN(C)C)c2)nc1NC1CCOCC1. The van der Waals surface area contributed by atoms with E-state index in [1.54, 1.807) is 26.1 Å². The molecule has 0 bridgehead atoms. The number of likely N-dealkylation sites (N-methyl/N-ethyl adjacent to an activating group) is 2. The van der Waals surface area contributed by atoms with Crippen LogP contribution in [0.1, 0.15) is 48.4 Å². The number of carbonyl (C=O) groups is 3. The molecule has 1 atom stereocenters. The zero-order valence-electron chi connectivity index (χ0n) is 25.6. The first kappa shape index (κ1) is 33.0. The summed E-state index contributed by atoms with van der Waals surface area (Å²) >= 11 is 0. The Morgan fingerprint density at radius 3 is 2.58 bits per heavy atom. The summed E-state index contributed by atoms with van der Waals surface area (Å²) in [4.78, 5) is 49.6. The minimum Gasteiger partial charge on any atom is -0.381 e. The van der Waals surface area contributed by atoms with Crippen LogP contribution in [-0.2, 0) is 20.7 Å². The van der Waals surface area contributed by atoms with Crippen molar-refractivity contribution in [3.8, 4) is 11.8 Å². The third-order valence-corrected chi connectivity index (χ3v) is 6.85. The van der Waals surface area contributed by atoms with Crippen molar-refractivity contribution in [2.75, 3.05) is 58.1 Å². The smallest absolute Gasteiger partial charge is 0.271 e. The van der Waals surface area contributed by atoms with Gasteiger partial charge in [0, 0.05) is 50.2 Å². The van der Waals surface area contributed by atoms with Gasteiger partial charge in [0.2, 0.25) is 11.8 Å². The van der Waals surface area contributed by atoms with Gasteiger partial charge in [-0.05, 0) is 58.5 Å². The number of primary amides is 1. The largest absolute Gasteiger partial charge is 0.381 e. The number of aromatic nitrogens is 2. The first-order valence-corrected chi connectivity index (χ1v) is 14.4. The Kier molecular flexibility index (Phi) is 12.5. The van der Waals surface area contributed by atoms with Crippen molar-refractivity contribution in [1.29, 1.82) is 0 Å². The molecule has 0 saturated carbocycles. The molecule has 12 heteroatoms. The van der Waals surface area contributed by atoms with E-state index in [0.717, 1.165) is 12.8 Å². The van der Waals surface area contributed by atoms with E-state index in [-0.39, 0.29) is 35.9 Å². The van der Waals surface area contributed by atoms with Crippen molar-refractivity contribution in [1.82, 2.24) is 25.1 Å². The van der Waals surface area contributed by atoms with E-state index in [9.17, 15) is 14.4 Å². The van der Waals surface area contributed by atoms with Gasteiger partial charge >= 0.3 is 0 Å². The molecular formula is C31H42N8O4. The highest BCUT2D eigenvalue weighted by Gasteiger charge is 2.22. The van der Waals surface area contributed by atoms with Crippen LogP contribution in [0.15, 0.2) is 36.4 Å². The van der Waals surface area contributed by atoms with E-state index in [4.69, 9.17) is 15.5 Å². The van der Waals surface area contributed by atoms with Crippen molar-refractivity contribution in [2.45, 2.75) is 45.2 Å². The average Bonchev–Trinajstić information content (AvgIpc) is 2.99. The number of nitrogens with one attached hydrogen (secondary N) is 3. The number of amides is 3. The van der Waals surface area contributed by atoms with Crippen LogP contribution in [0.4, 0.5) is 17.3 Å². The number of carbonyl (C=O) groups excluding carboxylic acids is 3. The highest BCUT2D eigenvalue weighted by Crippen LogP contribution is 2.24. The average molecular weight is 591 g/mol. The maximum atomic E-state index is 12.5. The van der Waals surface area contributed by atoms with E-state index in [1.165, 1.54) is 11.0 Å². The molecule has 12 nitrogen and oxygen atoms in total. The van der Waals surface area contributed by atoms with Crippen LogP contribution >= 0.6 is 0 Å². The Labute approximate surface area is 253 Å². The third kappa shape index (κ3) is 10.1. The van der Waals surface area contributed by atoms with Crippen LogP contribution in [0.25, 0.3) is 0 Å². The summed E-state index contributed by atoms with van der Waals surface area (Å²) in [6, 6.07) is 6.81. The van der Waals surface area contributed by atoms with Crippen molar-refractivity contribution in [3.63, 3.8) is 0 Å². The first-order valence-electron chi connectivity index (χ1n) is 14.4. The summed E-state index contributed by atoms with van der Waals surface area (Å²) in [7, 11) is 5.40. The molecule has 2 heterocycles. The number of hydrogen-bond acceptors (Lipinski definition) is 9. The molecule has 0 radical (unpaired) electrons. The van der Waals surface area contributed by atoms with Gasteiger partial charge in [-0.1, -0.05) is 30.9 Å². The first-order chi connectivity index (χ1) is 20.6. The number of aryl methyl sites for hydroxylation is 1. The summed E-state index contributed by atoms with van der Waals surface area (Å²) in [5.41, 5.74) is 7.70. The van der Waals surface area contributed by atoms with Gasteiger partial charge in [-0.25, -0.2) is 9.97 Å². The Bertz CT molecular complexity index is 1380. The predicted octanol–water partition coefficient (Wildman–Crippen LogP) is 1.90. The number of benzene rings is 1. The number of ether oxygens (including phenoxy) is 1. The van der Waals surface area contributed by atoms with Crippen LogP contribution in [0.5, 0.6) is 0 Å². The van der Waals surface area contributed by atoms with Gasteiger partial charge in [0.05, 0.1) is 12.2 Å². The van der Waals surface area contributed by atoms with Crippen molar-refractivity contribution in [3.05, 3.63) is 53.4 Å². The molecule has 1 aliphatic heterocycles. The van der Waals surface area contributed by atoms with Crippen LogP contribution in [0.3, 0.4) is 0 Å². The van der Waals surface area contributed by atoms with Gasteiger partial charge in [0.15, 0.2) is 17.3 Å². The van der Waals surface area contributed by atoms with E-state index >= 15 is 0 Å². The van der Waals surface area contributed by atoms with E-state index in [0.29, 0.717) is 48.9 Å². The van der Waals surface area contributed by atoms with Crippen molar-refractivity contribution < 1.29 is 19.1 Å². The molecule has 0 unspecified atom stereocenters. The highest BCUT2D eigenvalue weighted by atomic mass is 16.5. The zero-order chi connectivity index (χ0) is 31.4. The lowest BCUT2D eigenvalue weighted by molar-refractivity contribution is -0.134. The summed E-state index contributed by atoms with van der Waals surface area (Å²) in [5, 5.41) is 9.37. The van der Waals surface area contributed by atoms with Gasteiger partial charge in [0.1, 0.15) is 6.04 Å². The highest BCUT2D eigenvalue weighted by molar-refractivity contribution is 5.96. The van der Waals surface area contributed by atoms with Gasteiger partial charge in [-0.3, -0.25) is 14.4 Å². The molecule has 2 aromatic rings. The molecule has 1 aliphatic rings. The standard InChI is InChI=1S/C31H42N8O4/c1-6-25-29(34-23-14-18-43-19-15-23)37-30(27(36-25)28(32)41)35-24-12-7-10-22(20-24)11-8-16-33-31(42)21(2)39(5)26(40)13-9-17-38(3)4/h7,9-10,12-13,20-21,23H,6,14-19H2,1-5H3,(H2,32,41)(H,33,42)(H2,34,35,37)/b13-9+/t21-/m0/s1. The van der Waals surface area contributed by atoms with Crippen LogP contribution in [0.2, 0.25) is 0 Å². The molecule has 0 aliphatic carbocycles. The fraction of sp³-hybridized carbons (Fsp3) is 0.452. The molecule has 0 spiro atoms. The molecule has 1 fully saturated rings. The number of rotatable bonds is 12. The van der Waals surface area contributed by atoms with E-state index in [2.05, 4.69) is 32.8 Å². The monoisotopic (exact) mass is 590 g/mol. The normalized spacial score (nSPS) is 14.1. The Hall–Kier alpha value is -4.47. The van der Waals surface area contributed by atoms with Gasteiger partial charge in [-0.15, -0.1) is 0 Å². The number of anilines is 3. The van der Waals surface area contributed by atoms with E-state index in [1.807, 2.05) is 44.1 Å². The summed E-state index contributed by atoms with van der Waals surface area (Å²) < 4.78 is 5.45. The number of hydrogen-bond donors (Lipinski definition) is 4. The lowest BCUT2D eigenvalue weighted by atomic mass is 10.1. The molecule has 43 heavy (non-hydrogen) atoms. The van der Waals surface area contributed by atoms with Crippen LogP contribution in [-0.4, -0.2) is 97.0 Å². The Morgan fingerprint density at radius 2 is 1.91 bits per heavy atom. The van der Waals surface area contributed by atoms with Crippen molar-refractivity contribution >= 4 is 35.0 Å². The molecule has 5 N–H and O–H groups in total. The summed E-state index contributed by atoms with van der Waals surface area (Å²) in [6.45, 7) is 5.71. The molecule has 3 rings (SSSR count). The lowest BCUT2D eigenvalue weighted by Crippen LogP contribution is -2.45. The molecule has 1 aromatic carbocycles. The van der Waals surface area contributed by atoms with Gasteiger partial charge in [-0.2, -0.15) is 0 Å². The summed E-state index contributed by atoms with van der Waals surface area (Å²) in [5.74, 6) is 5.59. The van der Waals surface area contributed by atoms with Gasteiger partial charge < -0.3 is 36.2 Å². The maximum Gasteiger partial charge on any atom is 0.271 e. The number of nitrogens with two attached hydrogens (primary N) is 1. The third-order valence-electron chi connectivity index (χ3n) is 6.85. The molecule has 230 valence electrons. The van der Waals surface area contributed by atoms with Crippen LogP contribution < -0.4 is 21.7 Å². The van der Waals surface area contributed by atoms with E-state index < -0.39 is 11.9 Å². The predicted molar refractivity (Wildman–Crippen MR) is 167 cm³/mol. The minimum absolute atomic E-state index is 0.0549. The molecule has 3 amide bonds. The van der Waals surface area contributed by atoms with Gasteiger partial charge in [0.25, 0.3) is 5.91 Å². The Balaban J connectivity index is 1.66.